The first-order valence-electron chi connectivity index (χ1n) is 9.17. The van der Waals surface area contributed by atoms with Gasteiger partial charge in [-0.3, -0.25) is 9.59 Å². The second-order valence-electron chi connectivity index (χ2n) is 7.11. The minimum Gasteiger partial charge on any atom is -0.353 e. The predicted molar refractivity (Wildman–Crippen MR) is 101 cm³/mol. The summed E-state index contributed by atoms with van der Waals surface area (Å²) in [4.78, 5) is 24.4. The number of amides is 2. The van der Waals surface area contributed by atoms with Crippen LogP contribution in [0.2, 0.25) is 0 Å². The molecule has 3 N–H and O–H groups in total. The van der Waals surface area contributed by atoms with Crippen LogP contribution in [0.15, 0.2) is 48.5 Å². The van der Waals surface area contributed by atoms with Gasteiger partial charge in [-0.1, -0.05) is 36.4 Å². The zero-order valence-electron chi connectivity index (χ0n) is 14.6. The smallest absolute Gasteiger partial charge is 0.241 e. The van der Waals surface area contributed by atoms with Crippen LogP contribution in [0, 0.1) is 0 Å². The van der Waals surface area contributed by atoms with Crippen LogP contribution < -0.4 is 16.0 Å². The van der Waals surface area contributed by atoms with Gasteiger partial charge in [0.1, 0.15) is 0 Å². The van der Waals surface area contributed by atoms with Crippen LogP contribution in [-0.4, -0.2) is 23.9 Å². The minimum absolute atomic E-state index is 0.0290. The summed E-state index contributed by atoms with van der Waals surface area (Å²) in [7, 11) is 0. The van der Waals surface area contributed by atoms with Gasteiger partial charge in [-0.15, -0.1) is 0 Å². The van der Waals surface area contributed by atoms with E-state index in [2.05, 4.69) is 28.1 Å². The van der Waals surface area contributed by atoms with Crippen molar-refractivity contribution in [3.8, 4) is 0 Å². The van der Waals surface area contributed by atoms with Crippen LogP contribution in [0.1, 0.15) is 29.5 Å². The summed E-state index contributed by atoms with van der Waals surface area (Å²) in [6.07, 6.45) is 3.26. The molecule has 0 bridgehead atoms. The average Bonchev–Trinajstić information content (AvgIpc) is 3.46. The second kappa shape index (κ2) is 7.30. The number of benzene rings is 2. The molecule has 1 aliphatic heterocycles. The summed E-state index contributed by atoms with van der Waals surface area (Å²) < 4.78 is 0. The maximum absolute atomic E-state index is 12.5. The second-order valence-corrected chi connectivity index (χ2v) is 7.11. The number of hydrogen-bond acceptors (Lipinski definition) is 3. The number of fused-ring (bicyclic) bond motifs is 1. The maximum atomic E-state index is 12.5. The Morgan fingerprint density at radius 1 is 1.00 bits per heavy atom. The van der Waals surface area contributed by atoms with Crippen molar-refractivity contribution in [1.82, 2.24) is 10.6 Å². The topological polar surface area (TPSA) is 70.2 Å². The standard InChI is InChI=1S/C21H23N3O2/c25-20(23-17-9-10-17)11-14-5-7-18(8-6-14)24-21(26)19-12-15-3-1-2-4-16(15)13-22-19/h1-8,17,19,22H,9-13H2,(H,23,25)(H,24,26)/t19-/m1/s1. The molecule has 2 aliphatic rings. The van der Waals surface area contributed by atoms with Crippen molar-refractivity contribution in [1.29, 1.82) is 0 Å². The third-order valence-corrected chi connectivity index (χ3v) is 4.93. The van der Waals surface area contributed by atoms with E-state index in [0.717, 1.165) is 24.1 Å². The van der Waals surface area contributed by atoms with Crippen molar-refractivity contribution >= 4 is 17.5 Å². The Morgan fingerprint density at radius 2 is 1.73 bits per heavy atom. The van der Waals surface area contributed by atoms with Crippen LogP contribution >= 0.6 is 0 Å². The monoisotopic (exact) mass is 349 g/mol. The quantitative estimate of drug-likeness (QED) is 0.775. The van der Waals surface area contributed by atoms with E-state index in [1.807, 2.05) is 36.4 Å². The largest absolute Gasteiger partial charge is 0.353 e. The highest BCUT2D eigenvalue weighted by Crippen LogP contribution is 2.19. The summed E-state index contributed by atoms with van der Waals surface area (Å²) in [6.45, 7) is 0.712. The van der Waals surface area contributed by atoms with Gasteiger partial charge in [-0.2, -0.15) is 0 Å². The maximum Gasteiger partial charge on any atom is 0.241 e. The molecule has 1 saturated carbocycles. The van der Waals surface area contributed by atoms with Crippen LogP contribution in [0.25, 0.3) is 0 Å². The van der Waals surface area contributed by atoms with E-state index in [1.165, 1.54) is 11.1 Å². The highest BCUT2D eigenvalue weighted by Gasteiger charge is 2.24. The zero-order valence-corrected chi connectivity index (χ0v) is 14.6. The van der Waals surface area contributed by atoms with E-state index in [1.54, 1.807) is 0 Å². The summed E-state index contributed by atoms with van der Waals surface area (Å²) >= 11 is 0. The molecule has 0 aromatic heterocycles. The van der Waals surface area contributed by atoms with Crippen molar-refractivity contribution < 1.29 is 9.59 Å². The van der Waals surface area contributed by atoms with Crippen molar-refractivity contribution in [3.63, 3.8) is 0 Å². The van der Waals surface area contributed by atoms with E-state index < -0.39 is 0 Å². The predicted octanol–water partition coefficient (Wildman–Crippen LogP) is 2.16. The number of hydrogen-bond donors (Lipinski definition) is 3. The fraction of sp³-hybridized carbons (Fsp3) is 0.333. The number of anilines is 1. The first-order valence-corrected chi connectivity index (χ1v) is 9.17. The fourth-order valence-corrected chi connectivity index (χ4v) is 3.27. The van der Waals surface area contributed by atoms with Gasteiger partial charge >= 0.3 is 0 Å². The van der Waals surface area contributed by atoms with Gasteiger partial charge in [0, 0.05) is 18.3 Å². The highest BCUT2D eigenvalue weighted by atomic mass is 16.2. The van der Waals surface area contributed by atoms with Gasteiger partial charge in [0.15, 0.2) is 0 Å². The van der Waals surface area contributed by atoms with Crippen molar-refractivity contribution in [3.05, 3.63) is 65.2 Å². The summed E-state index contributed by atoms with van der Waals surface area (Å²) in [6, 6.07) is 15.9. The first kappa shape index (κ1) is 16.8. The van der Waals surface area contributed by atoms with E-state index in [-0.39, 0.29) is 17.9 Å². The number of carbonyl (C=O) groups excluding carboxylic acids is 2. The Kier molecular flexibility index (Phi) is 4.71. The Bertz CT molecular complexity index is 812. The number of carbonyl (C=O) groups is 2. The highest BCUT2D eigenvalue weighted by molar-refractivity contribution is 5.95. The van der Waals surface area contributed by atoms with Crippen molar-refractivity contribution in [2.24, 2.45) is 0 Å². The van der Waals surface area contributed by atoms with Crippen LogP contribution in [0.3, 0.4) is 0 Å². The zero-order chi connectivity index (χ0) is 17.9. The third-order valence-electron chi connectivity index (χ3n) is 4.93. The summed E-state index contributed by atoms with van der Waals surface area (Å²) in [5, 5.41) is 9.24. The first-order chi connectivity index (χ1) is 12.7. The van der Waals surface area contributed by atoms with Gasteiger partial charge in [0.25, 0.3) is 0 Å². The molecule has 1 heterocycles. The molecule has 0 unspecified atom stereocenters. The van der Waals surface area contributed by atoms with E-state index in [0.29, 0.717) is 25.4 Å². The van der Waals surface area contributed by atoms with Crippen LogP contribution in [-0.2, 0) is 29.0 Å². The molecular weight excluding hydrogens is 326 g/mol. The molecule has 0 spiro atoms. The average molecular weight is 349 g/mol. The Balaban J connectivity index is 1.32. The number of nitrogens with one attached hydrogen (secondary N) is 3. The van der Waals surface area contributed by atoms with Gasteiger partial charge in [-0.25, -0.2) is 0 Å². The van der Waals surface area contributed by atoms with E-state index in [9.17, 15) is 9.59 Å². The van der Waals surface area contributed by atoms with Gasteiger partial charge in [0.2, 0.25) is 11.8 Å². The lowest BCUT2D eigenvalue weighted by molar-refractivity contribution is -0.120. The van der Waals surface area contributed by atoms with E-state index >= 15 is 0 Å². The van der Waals surface area contributed by atoms with Gasteiger partial charge < -0.3 is 16.0 Å². The Hall–Kier alpha value is -2.66. The molecule has 2 amide bonds. The fourth-order valence-electron chi connectivity index (χ4n) is 3.27. The molecule has 26 heavy (non-hydrogen) atoms. The molecular formula is C21H23N3O2. The van der Waals surface area contributed by atoms with E-state index in [4.69, 9.17) is 0 Å². The van der Waals surface area contributed by atoms with Crippen LogP contribution in [0.4, 0.5) is 5.69 Å². The molecule has 1 aliphatic carbocycles. The van der Waals surface area contributed by atoms with Gasteiger partial charge in [-0.05, 0) is 48.1 Å². The number of rotatable bonds is 5. The molecule has 5 nitrogen and oxygen atoms in total. The van der Waals surface area contributed by atoms with Crippen molar-refractivity contribution in [2.75, 3.05) is 5.32 Å². The molecule has 1 fully saturated rings. The summed E-state index contributed by atoms with van der Waals surface area (Å²) in [5.41, 5.74) is 4.18. The molecule has 0 saturated heterocycles. The third kappa shape index (κ3) is 4.11. The van der Waals surface area contributed by atoms with Crippen LogP contribution in [0.5, 0.6) is 0 Å². The molecule has 4 rings (SSSR count). The lowest BCUT2D eigenvalue weighted by atomic mass is 9.95. The SMILES string of the molecule is O=C(Cc1ccc(NC(=O)[C@H]2Cc3ccccc3CN2)cc1)NC1CC1. The molecule has 134 valence electrons. The lowest BCUT2D eigenvalue weighted by Gasteiger charge is -2.25. The van der Waals surface area contributed by atoms with Gasteiger partial charge in [0.05, 0.1) is 12.5 Å². The summed E-state index contributed by atoms with van der Waals surface area (Å²) in [5.74, 6) is 0.0353. The lowest BCUT2D eigenvalue weighted by Crippen LogP contribution is -2.44. The normalized spacial score (nSPS) is 18.7. The molecule has 0 radical (unpaired) electrons. The molecule has 2 aromatic carbocycles. The minimum atomic E-state index is -0.228. The molecule has 2 aromatic rings. The Labute approximate surface area is 153 Å². The Morgan fingerprint density at radius 3 is 2.46 bits per heavy atom. The van der Waals surface area contributed by atoms with Crippen molar-refractivity contribution in [2.45, 2.75) is 44.3 Å². The molecule has 1 atom stereocenters. The molecule has 5 heteroatoms.